The Kier molecular flexibility index (Phi) is 7.26. The molecule has 1 aromatic heterocycles. The molecule has 3 N–H and O–H groups in total. The number of aliphatic hydroxyl groups is 2. The lowest BCUT2D eigenvalue weighted by atomic mass is 9.74. The van der Waals surface area contributed by atoms with Crippen molar-refractivity contribution in [2.45, 2.75) is 50.7 Å². The molecule has 3 rings (SSSR count). The zero-order chi connectivity index (χ0) is 20.9. The molecule has 1 aromatic rings. The molecule has 3 heterocycles. The topological polar surface area (TPSA) is 119 Å². The Morgan fingerprint density at radius 1 is 1.17 bits per heavy atom. The smallest absolute Gasteiger partial charge is 0.312 e. The number of aliphatic hydroxyl groups excluding tert-OH is 2. The highest BCUT2D eigenvalue weighted by atomic mass is 16.5. The quantitative estimate of drug-likeness (QED) is 0.576. The SMILES string of the molecule is CN1CCC2(CCCCN(C(=O)c3ccn[nH]3)CC[C@H](O)[C@H](O)COC2=O)CC1. The van der Waals surface area contributed by atoms with Crippen LogP contribution in [-0.2, 0) is 9.53 Å². The van der Waals surface area contributed by atoms with Crippen molar-refractivity contribution in [1.29, 1.82) is 0 Å². The summed E-state index contributed by atoms with van der Waals surface area (Å²) in [7, 11) is 2.04. The predicted octanol–water partition coefficient (Wildman–Crippen LogP) is 0.403. The van der Waals surface area contributed by atoms with Gasteiger partial charge in [0, 0.05) is 19.3 Å². The van der Waals surface area contributed by atoms with E-state index in [1.807, 2.05) is 7.05 Å². The number of nitrogens with zero attached hydrogens (tertiary/aromatic N) is 3. The normalized spacial score (nSPS) is 27.6. The Labute approximate surface area is 171 Å². The Morgan fingerprint density at radius 2 is 1.93 bits per heavy atom. The first-order valence-corrected chi connectivity index (χ1v) is 10.4. The van der Waals surface area contributed by atoms with Gasteiger partial charge in [-0.15, -0.1) is 0 Å². The summed E-state index contributed by atoms with van der Waals surface area (Å²) in [6.45, 7) is 2.24. The minimum Gasteiger partial charge on any atom is -0.462 e. The Hall–Kier alpha value is -1.97. The number of ether oxygens (including phenoxy) is 1. The molecule has 29 heavy (non-hydrogen) atoms. The minimum atomic E-state index is -1.17. The number of aromatic nitrogens is 2. The maximum absolute atomic E-state index is 12.9. The van der Waals surface area contributed by atoms with E-state index in [0.29, 0.717) is 25.2 Å². The van der Waals surface area contributed by atoms with Crippen LogP contribution in [0.15, 0.2) is 12.3 Å². The molecule has 0 saturated carbocycles. The van der Waals surface area contributed by atoms with Crippen molar-refractivity contribution in [2.24, 2.45) is 5.41 Å². The number of nitrogens with one attached hydrogen (secondary N) is 1. The number of hydrogen-bond donors (Lipinski definition) is 3. The number of carbonyl (C=O) groups is 2. The number of likely N-dealkylation sites (tertiary alicyclic amines) is 1. The van der Waals surface area contributed by atoms with Crippen molar-refractivity contribution < 1.29 is 24.5 Å². The van der Waals surface area contributed by atoms with Crippen LogP contribution in [0.1, 0.15) is 49.0 Å². The van der Waals surface area contributed by atoms with E-state index in [2.05, 4.69) is 15.1 Å². The van der Waals surface area contributed by atoms with Crippen molar-refractivity contribution in [3.63, 3.8) is 0 Å². The molecule has 0 bridgehead atoms. The van der Waals surface area contributed by atoms with E-state index in [0.717, 1.165) is 38.8 Å². The second-order valence-electron chi connectivity index (χ2n) is 8.33. The Balaban J connectivity index is 1.72. The molecule has 2 fully saturated rings. The number of hydrogen-bond acceptors (Lipinski definition) is 7. The van der Waals surface area contributed by atoms with Crippen molar-refractivity contribution in [2.75, 3.05) is 39.8 Å². The van der Waals surface area contributed by atoms with Gasteiger partial charge < -0.3 is 24.7 Å². The van der Waals surface area contributed by atoms with Crippen molar-refractivity contribution in [3.05, 3.63) is 18.0 Å². The molecule has 2 atom stereocenters. The van der Waals surface area contributed by atoms with Gasteiger partial charge in [0.2, 0.25) is 0 Å². The van der Waals surface area contributed by atoms with Gasteiger partial charge in [0.05, 0.1) is 11.5 Å². The molecule has 9 nitrogen and oxygen atoms in total. The van der Waals surface area contributed by atoms with E-state index in [9.17, 15) is 19.8 Å². The molecule has 0 unspecified atom stereocenters. The van der Waals surface area contributed by atoms with Crippen LogP contribution in [0, 0.1) is 5.41 Å². The van der Waals surface area contributed by atoms with Crippen LogP contribution in [0.5, 0.6) is 0 Å². The van der Waals surface area contributed by atoms with Gasteiger partial charge in [0.1, 0.15) is 18.4 Å². The third-order valence-corrected chi connectivity index (χ3v) is 6.25. The monoisotopic (exact) mass is 408 g/mol. The van der Waals surface area contributed by atoms with E-state index >= 15 is 0 Å². The lowest BCUT2D eigenvalue weighted by Gasteiger charge is -2.39. The van der Waals surface area contributed by atoms with Gasteiger partial charge in [-0.3, -0.25) is 14.7 Å². The summed E-state index contributed by atoms with van der Waals surface area (Å²) in [5, 5.41) is 27.0. The number of cyclic esters (lactones) is 1. The van der Waals surface area contributed by atoms with E-state index in [1.165, 1.54) is 6.20 Å². The number of piperidine rings is 1. The second-order valence-corrected chi connectivity index (χ2v) is 8.33. The largest absolute Gasteiger partial charge is 0.462 e. The molecule has 9 heteroatoms. The third kappa shape index (κ3) is 5.34. The van der Waals surface area contributed by atoms with Gasteiger partial charge in [-0.05, 0) is 58.3 Å². The number of carbonyl (C=O) groups excluding carboxylic acids is 2. The summed E-state index contributed by atoms with van der Waals surface area (Å²) in [5.74, 6) is -0.457. The summed E-state index contributed by atoms with van der Waals surface area (Å²) >= 11 is 0. The van der Waals surface area contributed by atoms with Crippen LogP contribution in [-0.4, -0.2) is 94.1 Å². The van der Waals surface area contributed by atoms with Gasteiger partial charge in [0.15, 0.2) is 0 Å². The molecule has 2 saturated heterocycles. The maximum Gasteiger partial charge on any atom is 0.312 e. The number of aromatic amines is 1. The number of H-pyrrole nitrogens is 1. The molecule has 0 aliphatic carbocycles. The van der Waals surface area contributed by atoms with Gasteiger partial charge in [-0.2, -0.15) is 5.10 Å². The molecule has 1 spiro atoms. The summed E-state index contributed by atoms with van der Waals surface area (Å²) in [6, 6.07) is 1.62. The van der Waals surface area contributed by atoms with Gasteiger partial charge in [0.25, 0.3) is 5.91 Å². The number of esters is 1. The molecular formula is C20H32N4O5. The Morgan fingerprint density at radius 3 is 2.62 bits per heavy atom. The minimum absolute atomic E-state index is 0.180. The molecule has 0 radical (unpaired) electrons. The van der Waals surface area contributed by atoms with Crippen LogP contribution in [0.25, 0.3) is 0 Å². The third-order valence-electron chi connectivity index (χ3n) is 6.25. The van der Waals surface area contributed by atoms with Crippen molar-refractivity contribution in [3.8, 4) is 0 Å². The lowest BCUT2D eigenvalue weighted by molar-refractivity contribution is -0.164. The summed E-state index contributed by atoms with van der Waals surface area (Å²) in [4.78, 5) is 29.5. The standard InChI is InChI=1S/C20H32N4O5/c1-23-12-7-20(8-13-23)6-2-3-10-24(18(27)15-4-9-21-22-15)11-5-16(25)17(26)14-29-19(20)28/h4,9,16-17,25-26H,2-3,5-8,10-14H2,1H3,(H,21,22)/t16-,17+/m0/s1. The highest BCUT2D eigenvalue weighted by Gasteiger charge is 2.42. The fourth-order valence-corrected chi connectivity index (χ4v) is 4.13. The molecular weight excluding hydrogens is 376 g/mol. The first-order chi connectivity index (χ1) is 13.9. The molecule has 2 aliphatic rings. The molecule has 1 amide bonds. The van der Waals surface area contributed by atoms with Crippen LogP contribution in [0.2, 0.25) is 0 Å². The van der Waals surface area contributed by atoms with Crippen molar-refractivity contribution >= 4 is 11.9 Å². The molecule has 0 aromatic carbocycles. The zero-order valence-electron chi connectivity index (χ0n) is 17.0. The Bertz CT molecular complexity index is 672. The van der Waals surface area contributed by atoms with E-state index in [4.69, 9.17) is 4.74 Å². The summed E-state index contributed by atoms with van der Waals surface area (Å²) < 4.78 is 5.44. The van der Waals surface area contributed by atoms with Crippen LogP contribution in [0.4, 0.5) is 0 Å². The van der Waals surface area contributed by atoms with Gasteiger partial charge >= 0.3 is 5.97 Å². The van der Waals surface area contributed by atoms with Crippen molar-refractivity contribution in [1.82, 2.24) is 20.0 Å². The van der Waals surface area contributed by atoms with Crippen LogP contribution < -0.4 is 0 Å². The molecule has 162 valence electrons. The first-order valence-electron chi connectivity index (χ1n) is 10.4. The zero-order valence-corrected chi connectivity index (χ0v) is 17.0. The maximum atomic E-state index is 12.9. The number of rotatable bonds is 1. The molecule has 2 aliphatic heterocycles. The average Bonchev–Trinajstić information content (AvgIpc) is 3.26. The first kappa shape index (κ1) is 21.7. The summed E-state index contributed by atoms with van der Waals surface area (Å²) in [6.07, 6.45) is 3.18. The van der Waals surface area contributed by atoms with Crippen LogP contribution >= 0.6 is 0 Å². The summed E-state index contributed by atoms with van der Waals surface area (Å²) in [5.41, 5.74) is -0.154. The highest BCUT2D eigenvalue weighted by Crippen LogP contribution is 2.38. The second kappa shape index (κ2) is 9.69. The van der Waals surface area contributed by atoms with Gasteiger partial charge in [-0.25, -0.2) is 0 Å². The fraction of sp³-hybridized carbons (Fsp3) is 0.750. The lowest BCUT2D eigenvalue weighted by Crippen LogP contribution is -2.45. The number of amides is 1. The van der Waals surface area contributed by atoms with E-state index < -0.39 is 17.6 Å². The van der Waals surface area contributed by atoms with E-state index in [1.54, 1.807) is 11.0 Å². The highest BCUT2D eigenvalue weighted by molar-refractivity contribution is 5.92. The van der Waals surface area contributed by atoms with E-state index in [-0.39, 0.29) is 24.9 Å². The van der Waals surface area contributed by atoms with Gasteiger partial charge in [-0.1, -0.05) is 6.42 Å². The van der Waals surface area contributed by atoms with Crippen LogP contribution in [0.3, 0.4) is 0 Å². The predicted molar refractivity (Wildman–Crippen MR) is 105 cm³/mol. The fourth-order valence-electron chi connectivity index (χ4n) is 4.13. The average molecular weight is 408 g/mol.